The van der Waals surface area contributed by atoms with Crippen LogP contribution in [0.15, 0.2) is 18.6 Å². The third-order valence-electron chi connectivity index (χ3n) is 3.96. The summed E-state index contributed by atoms with van der Waals surface area (Å²) in [6, 6.07) is 1.71. The minimum absolute atomic E-state index is 0.323. The molecule has 1 saturated heterocycles. The predicted molar refractivity (Wildman–Crippen MR) is 74.2 cm³/mol. The highest BCUT2D eigenvalue weighted by Crippen LogP contribution is 2.40. The van der Waals surface area contributed by atoms with Crippen molar-refractivity contribution in [3.05, 3.63) is 18.6 Å². The number of rotatable bonds is 2. The molecule has 21 heavy (non-hydrogen) atoms. The van der Waals surface area contributed by atoms with E-state index in [0.717, 1.165) is 0 Å². The fourth-order valence-corrected chi connectivity index (χ4v) is 2.74. The Morgan fingerprint density at radius 3 is 2.81 bits per heavy atom. The molecule has 0 unspecified atom stereocenters. The Labute approximate surface area is 120 Å². The smallest absolute Gasteiger partial charge is 0.167 e. The standard InChI is InChI=1S/C13H18N4O4/c1-6(18)8-9(19)13(2,20)12(21-8)17-4-3-7-10(14)15-5-16-11(7)17/h3-6,8-9,12,18-20H,1-2H3,(H2,14,15,16)/t6-,8+,9+,12+,13+/m0/s1. The number of aromatic nitrogens is 3. The number of fused-ring (bicyclic) bond motifs is 1. The molecule has 3 rings (SSSR count). The maximum Gasteiger partial charge on any atom is 0.167 e. The van der Waals surface area contributed by atoms with Crippen LogP contribution in [0.5, 0.6) is 0 Å². The first kappa shape index (κ1) is 14.2. The van der Waals surface area contributed by atoms with Gasteiger partial charge in [0.2, 0.25) is 0 Å². The third kappa shape index (κ3) is 1.99. The molecule has 0 radical (unpaired) electrons. The van der Waals surface area contributed by atoms with Crippen molar-refractivity contribution < 1.29 is 20.1 Å². The van der Waals surface area contributed by atoms with Crippen molar-refractivity contribution in [3.63, 3.8) is 0 Å². The van der Waals surface area contributed by atoms with Crippen molar-refractivity contribution in [2.75, 3.05) is 5.73 Å². The fourth-order valence-electron chi connectivity index (χ4n) is 2.74. The Balaban J connectivity index is 2.08. The average molecular weight is 294 g/mol. The molecule has 1 aliphatic heterocycles. The van der Waals surface area contributed by atoms with Gasteiger partial charge in [0.25, 0.3) is 0 Å². The van der Waals surface area contributed by atoms with E-state index in [0.29, 0.717) is 16.9 Å². The van der Waals surface area contributed by atoms with Crippen molar-refractivity contribution in [2.24, 2.45) is 0 Å². The minimum Gasteiger partial charge on any atom is -0.391 e. The van der Waals surface area contributed by atoms with E-state index in [1.807, 2.05) is 0 Å². The number of nitrogen functional groups attached to an aromatic ring is 1. The van der Waals surface area contributed by atoms with E-state index in [1.165, 1.54) is 20.2 Å². The Hall–Kier alpha value is -1.74. The van der Waals surface area contributed by atoms with Crippen LogP contribution in [-0.4, -0.2) is 53.8 Å². The van der Waals surface area contributed by atoms with E-state index in [9.17, 15) is 15.3 Å². The third-order valence-corrected chi connectivity index (χ3v) is 3.96. The van der Waals surface area contributed by atoms with Gasteiger partial charge in [-0.3, -0.25) is 0 Å². The zero-order valence-corrected chi connectivity index (χ0v) is 11.7. The van der Waals surface area contributed by atoms with E-state index >= 15 is 0 Å². The molecular weight excluding hydrogens is 276 g/mol. The molecule has 5 atom stereocenters. The largest absolute Gasteiger partial charge is 0.391 e. The summed E-state index contributed by atoms with van der Waals surface area (Å²) in [4.78, 5) is 8.05. The van der Waals surface area contributed by atoms with Gasteiger partial charge in [-0.25, -0.2) is 9.97 Å². The van der Waals surface area contributed by atoms with Crippen LogP contribution in [0, 0.1) is 0 Å². The number of aliphatic hydroxyl groups is 3. The average Bonchev–Trinajstić information content (AvgIpc) is 2.92. The summed E-state index contributed by atoms with van der Waals surface area (Å²) in [5.74, 6) is 0.323. The van der Waals surface area contributed by atoms with Crippen LogP contribution in [0.2, 0.25) is 0 Å². The predicted octanol–water partition coefficient (Wildman–Crippen LogP) is -0.596. The van der Waals surface area contributed by atoms with Gasteiger partial charge in [0.1, 0.15) is 35.6 Å². The monoisotopic (exact) mass is 294 g/mol. The summed E-state index contributed by atoms with van der Waals surface area (Å²) >= 11 is 0. The van der Waals surface area contributed by atoms with Gasteiger partial charge >= 0.3 is 0 Å². The van der Waals surface area contributed by atoms with Crippen molar-refractivity contribution in [2.45, 2.75) is 44.0 Å². The van der Waals surface area contributed by atoms with Gasteiger partial charge in [0.05, 0.1) is 11.5 Å². The maximum atomic E-state index is 10.6. The van der Waals surface area contributed by atoms with E-state index in [1.54, 1.807) is 16.8 Å². The quantitative estimate of drug-likeness (QED) is 0.582. The van der Waals surface area contributed by atoms with Gasteiger partial charge in [-0.15, -0.1) is 0 Å². The van der Waals surface area contributed by atoms with E-state index in [4.69, 9.17) is 10.5 Å². The molecule has 1 fully saturated rings. The molecule has 0 spiro atoms. The number of aliphatic hydroxyl groups excluding tert-OH is 2. The number of nitrogens with two attached hydrogens (primary N) is 1. The number of nitrogens with zero attached hydrogens (tertiary/aromatic N) is 3. The summed E-state index contributed by atoms with van der Waals surface area (Å²) < 4.78 is 7.24. The van der Waals surface area contributed by atoms with Crippen LogP contribution >= 0.6 is 0 Å². The lowest BCUT2D eigenvalue weighted by atomic mass is 9.94. The van der Waals surface area contributed by atoms with Crippen molar-refractivity contribution in [1.29, 1.82) is 0 Å². The number of hydrogen-bond donors (Lipinski definition) is 4. The molecule has 0 saturated carbocycles. The lowest BCUT2D eigenvalue weighted by Gasteiger charge is -2.27. The molecule has 0 aromatic carbocycles. The molecule has 2 aromatic rings. The first-order valence-electron chi connectivity index (χ1n) is 6.65. The molecule has 2 aromatic heterocycles. The second kappa shape index (κ2) is 4.63. The first-order valence-corrected chi connectivity index (χ1v) is 6.65. The van der Waals surface area contributed by atoms with Gasteiger partial charge in [0, 0.05) is 6.20 Å². The van der Waals surface area contributed by atoms with Gasteiger partial charge in [-0.05, 0) is 19.9 Å². The highest BCUT2D eigenvalue weighted by atomic mass is 16.6. The van der Waals surface area contributed by atoms with Gasteiger partial charge < -0.3 is 30.4 Å². The molecule has 8 nitrogen and oxygen atoms in total. The van der Waals surface area contributed by atoms with Crippen LogP contribution in [-0.2, 0) is 4.74 Å². The molecular formula is C13H18N4O4. The van der Waals surface area contributed by atoms with Crippen molar-refractivity contribution >= 4 is 16.9 Å². The summed E-state index contributed by atoms with van der Waals surface area (Å²) in [6.07, 6.45) is -0.940. The second-order valence-corrected chi connectivity index (χ2v) is 5.58. The Kier molecular flexibility index (Phi) is 3.14. The highest BCUT2D eigenvalue weighted by molar-refractivity contribution is 5.86. The first-order chi connectivity index (χ1) is 9.84. The lowest BCUT2D eigenvalue weighted by molar-refractivity contribution is -0.0985. The zero-order chi connectivity index (χ0) is 15.4. The van der Waals surface area contributed by atoms with Gasteiger partial charge in [0.15, 0.2) is 6.23 Å². The van der Waals surface area contributed by atoms with Gasteiger partial charge in [-0.2, -0.15) is 0 Å². The van der Waals surface area contributed by atoms with Crippen LogP contribution in [0.4, 0.5) is 5.82 Å². The summed E-state index contributed by atoms with van der Waals surface area (Å²) in [7, 11) is 0. The molecule has 1 aliphatic rings. The highest BCUT2D eigenvalue weighted by Gasteiger charge is 2.54. The maximum absolute atomic E-state index is 10.6. The summed E-state index contributed by atoms with van der Waals surface area (Å²) in [5, 5.41) is 31.0. The van der Waals surface area contributed by atoms with E-state index in [-0.39, 0.29) is 0 Å². The number of anilines is 1. The van der Waals surface area contributed by atoms with Crippen molar-refractivity contribution in [1.82, 2.24) is 14.5 Å². The van der Waals surface area contributed by atoms with Crippen LogP contribution in [0.1, 0.15) is 20.1 Å². The Morgan fingerprint density at radius 1 is 1.48 bits per heavy atom. The van der Waals surface area contributed by atoms with Crippen LogP contribution in [0.3, 0.4) is 0 Å². The molecule has 114 valence electrons. The fraction of sp³-hybridized carbons (Fsp3) is 0.538. The number of ether oxygens (including phenoxy) is 1. The van der Waals surface area contributed by atoms with Crippen LogP contribution in [0.25, 0.3) is 11.0 Å². The molecule has 8 heteroatoms. The summed E-state index contributed by atoms with van der Waals surface area (Å²) in [5.41, 5.74) is 4.70. The Bertz CT molecular complexity index is 669. The zero-order valence-electron chi connectivity index (χ0n) is 11.7. The second-order valence-electron chi connectivity index (χ2n) is 5.58. The van der Waals surface area contributed by atoms with Crippen molar-refractivity contribution in [3.8, 4) is 0 Å². The summed E-state index contributed by atoms with van der Waals surface area (Å²) in [6.45, 7) is 2.96. The van der Waals surface area contributed by atoms with Gasteiger partial charge in [-0.1, -0.05) is 0 Å². The molecule has 5 N–H and O–H groups in total. The van der Waals surface area contributed by atoms with Crippen LogP contribution < -0.4 is 5.73 Å². The normalized spacial score (nSPS) is 34.4. The Morgan fingerprint density at radius 2 is 2.19 bits per heavy atom. The minimum atomic E-state index is -1.58. The molecule has 0 amide bonds. The lowest BCUT2D eigenvalue weighted by Crippen LogP contribution is -2.45. The topological polar surface area (TPSA) is 127 Å². The van der Waals surface area contributed by atoms with E-state index < -0.39 is 30.1 Å². The molecule has 0 aliphatic carbocycles. The van der Waals surface area contributed by atoms with E-state index in [2.05, 4.69) is 9.97 Å². The molecule has 0 bridgehead atoms. The molecule has 3 heterocycles. The SMILES string of the molecule is C[C@H](O)[C@H]1O[C@@H](n2ccc3c(N)ncnc32)[C@](C)(O)[C@@H]1O. The number of hydrogen-bond acceptors (Lipinski definition) is 7.